The SMILES string of the molecule is Nc1nc(Nc2ccc3nc(-c4ccc(Cl)cc4)cc(N)c3c2)cc(-c2cccc(F)c2)n1. The number of hydrogen-bond acceptors (Lipinski definition) is 6. The van der Waals surface area contributed by atoms with E-state index < -0.39 is 0 Å². The molecule has 0 aliphatic heterocycles. The Kier molecular flexibility index (Phi) is 5.24. The maximum Gasteiger partial charge on any atom is 0.222 e. The molecule has 0 aliphatic carbocycles. The number of rotatable bonds is 4. The van der Waals surface area contributed by atoms with Crippen LogP contribution in [0, 0.1) is 5.82 Å². The molecule has 0 saturated carbocycles. The van der Waals surface area contributed by atoms with E-state index in [1.54, 1.807) is 18.2 Å². The summed E-state index contributed by atoms with van der Waals surface area (Å²) < 4.78 is 13.6. The second kappa shape index (κ2) is 8.37. The average molecular weight is 457 g/mol. The molecule has 5 N–H and O–H groups in total. The number of fused-ring (bicyclic) bond motifs is 1. The van der Waals surface area contributed by atoms with E-state index in [1.807, 2.05) is 48.5 Å². The number of nitrogens with one attached hydrogen (secondary N) is 1. The lowest BCUT2D eigenvalue weighted by molar-refractivity contribution is 0.628. The van der Waals surface area contributed by atoms with Crippen LogP contribution in [0.3, 0.4) is 0 Å². The van der Waals surface area contributed by atoms with Crippen LogP contribution in [0.5, 0.6) is 0 Å². The molecule has 0 radical (unpaired) electrons. The molecule has 8 heteroatoms. The maximum atomic E-state index is 13.6. The van der Waals surface area contributed by atoms with Crippen LogP contribution in [0.1, 0.15) is 0 Å². The molecular weight excluding hydrogens is 439 g/mol. The fourth-order valence-electron chi connectivity index (χ4n) is 3.57. The standard InChI is InChI=1S/C25H18ClFN6/c26-16-6-4-14(5-7-16)22-12-20(28)19-11-18(8-9-21(19)31-22)30-24-13-23(32-25(29)33-24)15-2-1-3-17(27)10-15/h1-13H,(H2,28,31)(H3,29,30,32,33). The smallest absolute Gasteiger partial charge is 0.222 e. The predicted octanol–water partition coefficient (Wildman–Crippen LogP) is 6.06. The van der Waals surface area contributed by atoms with Crippen molar-refractivity contribution >= 4 is 45.6 Å². The molecule has 0 saturated heterocycles. The Hall–Kier alpha value is -4.23. The monoisotopic (exact) mass is 456 g/mol. The van der Waals surface area contributed by atoms with E-state index >= 15 is 0 Å². The van der Waals surface area contributed by atoms with Crippen LogP contribution >= 0.6 is 11.6 Å². The maximum absolute atomic E-state index is 13.6. The zero-order chi connectivity index (χ0) is 22.9. The molecule has 0 fully saturated rings. The zero-order valence-corrected chi connectivity index (χ0v) is 18.0. The van der Waals surface area contributed by atoms with Crippen molar-refractivity contribution in [1.82, 2.24) is 15.0 Å². The van der Waals surface area contributed by atoms with Gasteiger partial charge in [0.15, 0.2) is 0 Å². The van der Waals surface area contributed by atoms with Gasteiger partial charge in [-0.2, -0.15) is 4.98 Å². The molecule has 0 bridgehead atoms. The Morgan fingerprint density at radius 2 is 1.55 bits per heavy atom. The molecule has 162 valence electrons. The summed E-state index contributed by atoms with van der Waals surface area (Å²) in [7, 11) is 0. The summed E-state index contributed by atoms with van der Waals surface area (Å²) >= 11 is 5.99. The van der Waals surface area contributed by atoms with E-state index in [-0.39, 0.29) is 11.8 Å². The van der Waals surface area contributed by atoms with Gasteiger partial charge in [0.25, 0.3) is 0 Å². The van der Waals surface area contributed by atoms with Gasteiger partial charge in [-0.15, -0.1) is 0 Å². The quantitative estimate of drug-likeness (QED) is 0.304. The Balaban J connectivity index is 1.48. The normalized spacial score (nSPS) is 11.0. The first kappa shape index (κ1) is 20.7. The molecule has 3 aromatic carbocycles. The van der Waals surface area contributed by atoms with Crippen molar-refractivity contribution in [2.24, 2.45) is 0 Å². The number of anilines is 4. The van der Waals surface area contributed by atoms with Crippen LogP contribution in [-0.2, 0) is 0 Å². The molecule has 0 aliphatic rings. The second-order valence-corrected chi connectivity index (χ2v) is 7.90. The highest BCUT2D eigenvalue weighted by molar-refractivity contribution is 6.30. The van der Waals surface area contributed by atoms with E-state index in [0.29, 0.717) is 27.8 Å². The third-order valence-corrected chi connectivity index (χ3v) is 5.37. The lowest BCUT2D eigenvalue weighted by Gasteiger charge is -2.11. The first-order valence-electron chi connectivity index (χ1n) is 10.1. The molecule has 0 atom stereocenters. The molecule has 0 unspecified atom stereocenters. The predicted molar refractivity (Wildman–Crippen MR) is 132 cm³/mol. The number of pyridine rings is 1. The number of halogens is 2. The van der Waals surface area contributed by atoms with Crippen molar-refractivity contribution in [3.63, 3.8) is 0 Å². The fourth-order valence-corrected chi connectivity index (χ4v) is 3.70. The fraction of sp³-hybridized carbons (Fsp3) is 0. The van der Waals surface area contributed by atoms with Gasteiger partial charge < -0.3 is 16.8 Å². The highest BCUT2D eigenvalue weighted by Gasteiger charge is 2.10. The summed E-state index contributed by atoms with van der Waals surface area (Å²) in [6, 6.07) is 22.8. The average Bonchev–Trinajstić information content (AvgIpc) is 2.79. The van der Waals surface area contributed by atoms with Crippen LogP contribution < -0.4 is 16.8 Å². The van der Waals surface area contributed by atoms with Gasteiger partial charge in [-0.3, -0.25) is 0 Å². The van der Waals surface area contributed by atoms with Gasteiger partial charge in [0.2, 0.25) is 5.95 Å². The van der Waals surface area contributed by atoms with Crippen LogP contribution in [-0.4, -0.2) is 15.0 Å². The van der Waals surface area contributed by atoms with Crippen LogP contribution in [0.15, 0.2) is 78.9 Å². The summed E-state index contributed by atoms with van der Waals surface area (Å²) in [6.45, 7) is 0. The van der Waals surface area contributed by atoms with Crippen LogP contribution in [0.25, 0.3) is 33.4 Å². The van der Waals surface area contributed by atoms with Crippen molar-refractivity contribution < 1.29 is 4.39 Å². The summed E-state index contributed by atoms with van der Waals surface area (Å²) in [4.78, 5) is 13.2. The summed E-state index contributed by atoms with van der Waals surface area (Å²) in [6.07, 6.45) is 0. The number of hydrogen-bond donors (Lipinski definition) is 3. The van der Waals surface area contributed by atoms with Gasteiger partial charge in [0.05, 0.1) is 16.9 Å². The number of nitrogens with two attached hydrogens (primary N) is 2. The summed E-state index contributed by atoms with van der Waals surface area (Å²) in [5.74, 6) is 0.203. The zero-order valence-electron chi connectivity index (χ0n) is 17.3. The van der Waals surface area contributed by atoms with Gasteiger partial charge >= 0.3 is 0 Å². The number of aromatic nitrogens is 3. The van der Waals surface area contributed by atoms with Crippen LogP contribution in [0.4, 0.5) is 27.5 Å². The van der Waals surface area contributed by atoms with Crippen molar-refractivity contribution in [3.05, 3.63) is 89.7 Å². The molecule has 33 heavy (non-hydrogen) atoms. The van der Waals surface area contributed by atoms with Crippen LogP contribution in [0.2, 0.25) is 5.02 Å². The molecule has 2 aromatic heterocycles. The summed E-state index contributed by atoms with van der Waals surface area (Å²) in [5, 5.41) is 4.68. The Labute approximate surface area is 194 Å². The number of nitrogens with zero attached hydrogens (tertiary/aromatic N) is 3. The molecule has 5 aromatic rings. The van der Waals surface area contributed by atoms with E-state index in [2.05, 4.69) is 15.3 Å². The first-order chi connectivity index (χ1) is 15.9. The molecule has 5 rings (SSSR count). The molecular formula is C25H18ClFN6. The Bertz CT molecular complexity index is 1490. The third-order valence-electron chi connectivity index (χ3n) is 5.12. The van der Waals surface area contributed by atoms with Gasteiger partial charge in [0, 0.05) is 39.0 Å². The van der Waals surface area contributed by atoms with Crippen molar-refractivity contribution in [1.29, 1.82) is 0 Å². The molecule has 0 amide bonds. The minimum absolute atomic E-state index is 0.0776. The lowest BCUT2D eigenvalue weighted by atomic mass is 10.1. The minimum atomic E-state index is -0.352. The van der Waals surface area contributed by atoms with E-state index in [9.17, 15) is 4.39 Å². The van der Waals surface area contributed by atoms with Gasteiger partial charge in [0.1, 0.15) is 11.6 Å². The number of nitrogen functional groups attached to an aromatic ring is 2. The number of benzene rings is 3. The summed E-state index contributed by atoms with van der Waals surface area (Å²) in [5.41, 5.74) is 17.2. The van der Waals surface area contributed by atoms with Gasteiger partial charge in [-0.05, 0) is 48.5 Å². The molecule has 6 nitrogen and oxygen atoms in total. The molecule has 0 spiro atoms. The Morgan fingerprint density at radius 3 is 2.33 bits per heavy atom. The van der Waals surface area contributed by atoms with E-state index in [1.165, 1.54) is 12.1 Å². The van der Waals surface area contributed by atoms with E-state index in [4.69, 9.17) is 28.1 Å². The van der Waals surface area contributed by atoms with Crippen molar-refractivity contribution in [2.45, 2.75) is 0 Å². The third kappa shape index (κ3) is 4.40. The highest BCUT2D eigenvalue weighted by Crippen LogP contribution is 2.30. The topological polar surface area (TPSA) is 103 Å². The second-order valence-electron chi connectivity index (χ2n) is 7.47. The first-order valence-corrected chi connectivity index (χ1v) is 10.5. The largest absolute Gasteiger partial charge is 0.398 e. The highest BCUT2D eigenvalue weighted by atomic mass is 35.5. The lowest BCUT2D eigenvalue weighted by Crippen LogP contribution is -2.02. The van der Waals surface area contributed by atoms with E-state index in [0.717, 1.165) is 27.8 Å². The minimum Gasteiger partial charge on any atom is -0.398 e. The van der Waals surface area contributed by atoms with Gasteiger partial charge in [-0.25, -0.2) is 14.4 Å². The Morgan fingerprint density at radius 1 is 0.758 bits per heavy atom. The van der Waals surface area contributed by atoms with Crippen molar-refractivity contribution in [2.75, 3.05) is 16.8 Å². The van der Waals surface area contributed by atoms with Crippen molar-refractivity contribution in [3.8, 4) is 22.5 Å². The molecule has 2 heterocycles. The van der Waals surface area contributed by atoms with Gasteiger partial charge in [-0.1, -0.05) is 35.9 Å².